The Morgan fingerprint density at radius 3 is 2.75 bits per heavy atom. The maximum Gasteiger partial charge on any atom is 0.223 e. The average Bonchev–Trinajstić information content (AvgIpc) is 2.96. The first-order valence-electron chi connectivity index (χ1n) is 7.39. The van der Waals surface area contributed by atoms with Crippen LogP contribution in [0.15, 0.2) is 30.3 Å². The minimum atomic E-state index is -0.219. The molecule has 20 heavy (non-hydrogen) atoms. The van der Waals surface area contributed by atoms with Crippen molar-refractivity contribution in [1.82, 2.24) is 5.32 Å². The number of nitrogens with one attached hydrogen (secondary N) is 1. The van der Waals surface area contributed by atoms with Gasteiger partial charge in [-0.25, -0.2) is 0 Å². The summed E-state index contributed by atoms with van der Waals surface area (Å²) in [6.07, 6.45) is 3.68. The Morgan fingerprint density at radius 2 is 2.10 bits per heavy atom. The molecular weight excluding hydrogens is 252 g/mol. The fourth-order valence-electron chi connectivity index (χ4n) is 3.03. The fraction of sp³-hybridized carbons (Fsp3) is 0.562. The van der Waals surface area contributed by atoms with Crippen molar-refractivity contribution < 1.29 is 9.90 Å². The Hall–Kier alpha value is -1.39. The van der Waals surface area contributed by atoms with Crippen LogP contribution in [0.1, 0.15) is 24.8 Å². The predicted molar refractivity (Wildman–Crippen MR) is 79.0 cm³/mol. The number of amides is 1. The quantitative estimate of drug-likeness (QED) is 0.728. The lowest BCUT2D eigenvalue weighted by Gasteiger charge is -2.22. The van der Waals surface area contributed by atoms with Gasteiger partial charge in [0, 0.05) is 5.92 Å². The number of rotatable bonds is 6. The molecule has 0 aromatic heterocycles. The molecule has 110 valence electrons. The lowest BCUT2D eigenvalue weighted by Crippen LogP contribution is -2.44. The van der Waals surface area contributed by atoms with Crippen LogP contribution in [0.25, 0.3) is 0 Å². The molecule has 0 spiro atoms. The number of hydrogen-bond acceptors (Lipinski definition) is 3. The normalized spacial score (nSPS) is 23.5. The van der Waals surface area contributed by atoms with Gasteiger partial charge in [0.25, 0.3) is 0 Å². The van der Waals surface area contributed by atoms with Crippen LogP contribution in [0.4, 0.5) is 0 Å². The summed E-state index contributed by atoms with van der Waals surface area (Å²) in [5.41, 5.74) is 6.84. The molecule has 1 amide bonds. The number of carbonyl (C=O) groups excluding carboxylic acids is 1. The summed E-state index contributed by atoms with van der Waals surface area (Å²) < 4.78 is 0. The third kappa shape index (κ3) is 3.81. The zero-order chi connectivity index (χ0) is 14.4. The molecule has 1 saturated carbocycles. The number of aliphatic hydroxyl groups excluding tert-OH is 1. The van der Waals surface area contributed by atoms with Crippen molar-refractivity contribution >= 4 is 5.91 Å². The topological polar surface area (TPSA) is 75.4 Å². The van der Waals surface area contributed by atoms with E-state index in [1.807, 2.05) is 30.3 Å². The van der Waals surface area contributed by atoms with Crippen LogP contribution < -0.4 is 11.1 Å². The van der Waals surface area contributed by atoms with Gasteiger partial charge in [-0.2, -0.15) is 0 Å². The molecular formula is C16H24N2O2. The molecule has 0 radical (unpaired) electrons. The molecule has 1 aromatic carbocycles. The summed E-state index contributed by atoms with van der Waals surface area (Å²) in [6.45, 7) is 0.529. The van der Waals surface area contributed by atoms with E-state index in [4.69, 9.17) is 5.73 Å². The van der Waals surface area contributed by atoms with Crippen LogP contribution >= 0.6 is 0 Å². The van der Waals surface area contributed by atoms with Gasteiger partial charge in [0.1, 0.15) is 0 Å². The second kappa shape index (κ2) is 7.41. The molecule has 4 nitrogen and oxygen atoms in total. The highest BCUT2D eigenvalue weighted by Gasteiger charge is 2.32. The third-order valence-corrected chi connectivity index (χ3v) is 4.19. The monoisotopic (exact) mass is 276 g/mol. The van der Waals surface area contributed by atoms with Crippen molar-refractivity contribution in [2.24, 2.45) is 17.6 Å². The standard InChI is InChI=1S/C16H24N2O2/c17-10-13-7-4-8-15(13)16(20)18-14(11-19)9-12-5-2-1-3-6-12/h1-3,5-6,13-15,19H,4,7-11,17H2,(H,18,20)/t13?,14-,15?/m1/s1. The first kappa shape index (κ1) is 15.0. The summed E-state index contributed by atoms with van der Waals surface area (Å²) in [7, 11) is 0. The summed E-state index contributed by atoms with van der Waals surface area (Å²) in [6, 6.07) is 9.68. The van der Waals surface area contributed by atoms with Gasteiger partial charge in [-0.1, -0.05) is 36.8 Å². The summed E-state index contributed by atoms with van der Waals surface area (Å²) in [5.74, 6) is 0.365. The molecule has 1 aliphatic rings. The van der Waals surface area contributed by atoms with Gasteiger partial charge in [0.05, 0.1) is 12.6 Å². The lowest BCUT2D eigenvalue weighted by molar-refractivity contribution is -0.127. The second-order valence-corrected chi connectivity index (χ2v) is 5.61. The van der Waals surface area contributed by atoms with E-state index in [9.17, 15) is 9.90 Å². The van der Waals surface area contributed by atoms with E-state index in [-0.39, 0.29) is 24.5 Å². The zero-order valence-electron chi connectivity index (χ0n) is 11.8. The molecule has 1 aliphatic carbocycles. The van der Waals surface area contributed by atoms with Crippen molar-refractivity contribution in [3.05, 3.63) is 35.9 Å². The van der Waals surface area contributed by atoms with Gasteiger partial charge >= 0.3 is 0 Å². The fourth-order valence-corrected chi connectivity index (χ4v) is 3.03. The van der Waals surface area contributed by atoms with E-state index in [1.54, 1.807) is 0 Å². The Kier molecular flexibility index (Phi) is 5.56. The number of nitrogens with two attached hydrogens (primary N) is 1. The Bertz CT molecular complexity index is 422. The molecule has 1 fully saturated rings. The highest BCUT2D eigenvalue weighted by Crippen LogP contribution is 2.31. The van der Waals surface area contributed by atoms with E-state index in [1.165, 1.54) is 0 Å². The zero-order valence-corrected chi connectivity index (χ0v) is 11.8. The van der Waals surface area contributed by atoms with Gasteiger partial charge in [-0.3, -0.25) is 4.79 Å². The molecule has 0 bridgehead atoms. The third-order valence-electron chi connectivity index (χ3n) is 4.19. The summed E-state index contributed by atoms with van der Waals surface area (Å²) >= 11 is 0. The van der Waals surface area contributed by atoms with Crippen LogP contribution in [0.5, 0.6) is 0 Å². The minimum absolute atomic E-state index is 0.0184. The molecule has 0 saturated heterocycles. The molecule has 2 rings (SSSR count). The summed E-state index contributed by atoms with van der Waals surface area (Å²) in [5, 5.41) is 12.4. The van der Waals surface area contributed by atoms with Crippen molar-refractivity contribution in [3.8, 4) is 0 Å². The maximum atomic E-state index is 12.3. The molecule has 3 atom stereocenters. The van der Waals surface area contributed by atoms with E-state index in [0.29, 0.717) is 18.9 Å². The first-order valence-corrected chi connectivity index (χ1v) is 7.39. The summed E-state index contributed by atoms with van der Waals surface area (Å²) in [4.78, 5) is 12.3. The van der Waals surface area contributed by atoms with E-state index < -0.39 is 0 Å². The van der Waals surface area contributed by atoms with Crippen molar-refractivity contribution in [1.29, 1.82) is 0 Å². The van der Waals surface area contributed by atoms with Gasteiger partial charge in [0.15, 0.2) is 0 Å². The SMILES string of the molecule is NCC1CCCC1C(=O)N[C@@H](CO)Cc1ccccc1. The Balaban J connectivity index is 1.91. The number of carbonyl (C=O) groups is 1. The molecule has 4 heteroatoms. The van der Waals surface area contributed by atoms with Gasteiger partial charge in [0.2, 0.25) is 5.91 Å². The molecule has 0 aliphatic heterocycles. The molecule has 1 aromatic rings. The largest absolute Gasteiger partial charge is 0.394 e. The second-order valence-electron chi connectivity index (χ2n) is 5.61. The average molecular weight is 276 g/mol. The lowest BCUT2D eigenvalue weighted by atomic mass is 9.94. The van der Waals surface area contributed by atoms with Crippen LogP contribution in [0, 0.1) is 11.8 Å². The highest BCUT2D eigenvalue weighted by molar-refractivity contribution is 5.79. The number of hydrogen-bond donors (Lipinski definition) is 3. The minimum Gasteiger partial charge on any atom is -0.394 e. The predicted octanol–water partition coefficient (Wildman–Crippen LogP) is 1.08. The van der Waals surface area contributed by atoms with E-state index >= 15 is 0 Å². The van der Waals surface area contributed by atoms with Gasteiger partial charge < -0.3 is 16.2 Å². The Morgan fingerprint density at radius 1 is 1.35 bits per heavy atom. The Labute approximate surface area is 120 Å². The van der Waals surface area contributed by atoms with E-state index in [2.05, 4.69) is 5.32 Å². The smallest absolute Gasteiger partial charge is 0.223 e. The number of benzene rings is 1. The first-order chi connectivity index (χ1) is 9.74. The van der Waals surface area contributed by atoms with Gasteiger partial charge in [-0.05, 0) is 37.3 Å². The van der Waals surface area contributed by atoms with Gasteiger partial charge in [-0.15, -0.1) is 0 Å². The van der Waals surface area contributed by atoms with E-state index in [0.717, 1.165) is 24.8 Å². The molecule has 4 N–H and O–H groups in total. The van der Waals surface area contributed by atoms with Crippen LogP contribution in [0.2, 0.25) is 0 Å². The molecule has 2 unspecified atom stereocenters. The molecule has 0 heterocycles. The van der Waals surface area contributed by atoms with Crippen molar-refractivity contribution in [2.75, 3.05) is 13.2 Å². The van der Waals surface area contributed by atoms with Crippen LogP contribution in [0.3, 0.4) is 0 Å². The maximum absolute atomic E-state index is 12.3. The number of aliphatic hydroxyl groups is 1. The van der Waals surface area contributed by atoms with Crippen molar-refractivity contribution in [3.63, 3.8) is 0 Å². The highest BCUT2D eigenvalue weighted by atomic mass is 16.3. The van der Waals surface area contributed by atoms with Crippen molar-refractivity contribution in [2.45, 2.75) is 31.7 Å². The van der Waals surface area contributed by atoms with Crippen LogP contribution in [-0.4, -0.2) is 30.2 Å². The van der Waals surface area contributed by atoms with Crippen LogP contribution in [-0.2, 0) is 11.2 Å².